The van der Waals surface area contributed by atoms with Gasteiger partial charge in [0.1, 0.15) is 23.9 Å². The number of anilines is 1. The number of benzene rings is 1. The van der Waals surface area contributed by atoms with Crippen LogP contribution in [0.1, 0.15) is 18.4 Å². The third kappa shape index (κ3) is 3.77. The minimum absolute atomic E-state index is 0.0654. The molecule has 2 heterocycles. The lowest BCUT2D eigenvalue weighted by atomic mass is 10.1. The minimum atomic E-state index is -0.395. The summed E-state index contributed by atoms with van der Waals surface area (Å²) in [6.45, 7) is 3.41. The Balaban J connectivity index is 1.62. The minimum Gasteiger partial charge on any atom is -0.489 e. The van der Waals surface area contributed by atoms with Gasteiger partial charge in [0.05, 0.1) is 8.49 Å². The molecule has 0 unspecified atom stereocenters. The molecule has 6 nitrogen and oxygen atoms in total. The molecule has 0 saturated carbocycles. The molecule has 3 rings (SSSR count). The highest BCUT2D eigenvalue weighted by molar-refractivity contribution is 14.1. The third-order valence-electron chi connectivity index (χ3n) is 4.16. The van der Waals surface area contributed by atoms with Gasteiger partial charge in [0, 0.05) is 31.5 Å². The number of hydrogen-bond donors (Lipinski definition) is 0. The van der Waals surface area contributed by atoms with Gasteiger partial charge in [-0.15, -0.1) is 0 Å². The van der Waals surface area contributed by atoms with Gasteiger partial charge in [0.2, 0.25) is 0 Å². The van der Waals surface area contributed by atoms with Gasteiger partial charge < -0.3 is 9.64 Å². The number of nitrogens with zero attached hydrogens (tertiary/aromatic N) is 3. The van der Waals surface area contributed by atoms with Crippen molar-refractivity contribution >= 4 is 34.1 Å². The van der Waals surface area contributed by atoms with E-state index in [1.807, 2.05) is 24.3 Å². The lowest BCUT2D eigenvalue weighted by Crippen LogP contribution is -2.38. The van der Waals surface area contributed by atoms with E-state index in [-0.39, 0.29) is 11.8 Å². The van der Waals surface area contributed by atoms with Crippen molar-refractivity contribution in [2.75, 3.05) is 18.0 Å². The summed E-state index contributed by atoms with van der Waals surface area (Å²) in [6, 6.07) is 9.81. The van der Waals surface area contributed by atoms with Gasteiger partial charge in [-0.1, -0.05) is 12.1 Å². The van der Waals surface area contributed by atoms with Gasteiger partial charge in [-0.2, -0.15) is 0 Å². The van der Waals surface area contributed by atoms with Gasteiger partial charge in [0.15, 0.2) is 0 Å². The van der Waals surface area contributed by atoms with Crippen molar-refractivity contribution in [3.05, 3.63) is 55.8 Å². The zero-order valence-corrected chi connectivity index (χ0v) is 15.5. The maximum Gasteiger partial charge on any atom is 0.290 e. The van der Waals surface area contributed by atoms with Gasteiger partial charge in [-0.3, -0.25) is 10.1 Å². The molecule has 7 heteroatoms. The molecule has 2 aromatic rings. The molecule has 1 aliphatic rings. The summed E-state index contributed by atoms with van der Waals surface area (Å²) in [6.07, 6.45) is 3.35. The highest BCUT2D eigenvalue weighted by Crippen LogP contribution is 2.27. The summed E-state index contributed by atoms with van der Waals surface area (Å²) < 4.78 is 7.22. The molecule has 1 fully saturated rings. The summed E-state index contributed by atoms with van der Waals surface area (Å²) in [7, 11) is 0. The number of aromatic nitrogens is 1. The first kappa shape index (κ1) is 16.9. The number of hydrogen-bond acceptors (Lipinski definition) is 5. The molecule has 0 atom stereocenters. The van der Waals surface area contributed by atoms with E-state index >= 15 is 0 Å². The maximum atomic E-state index is 10.9. The Labute approximate surface area is 154 Å². The molecule has 1 aromatic heterocycles. The number of aryl methyl sites for hydroxylation is 1. The fourth-order valence-electron chi connectivity index (χ4n) is 2.82. The predicted octanol–water partition coefficient (Wildman–Crippen LogP) is 3.95. The highest BCUT2D eigenvalue weighted by atomic mass is 127. The number of nitro groups is 1. The van der Waals surface area contributed by atoms with Gasteiger partial charge in [-0.25, -0.2) is 4.98 Å². The average Bonchev–Trinajstić information content (AvgIpc) is 2.57. The average molecular weight is 439 g/mol. The van der Waals surface area contributed by atoms with Crippen LogP contribution >= 0.6 is 22.6 Å². The van der Waals surface area contributed by atoms with Gasteiger partial charge in [0.25, 0.3) is 5.69 Å². The van der Waals surface area contributed by atoms with Crippen LogP contribution in [0.25, 0.3) is 0 Å². The van der Waals surface area contributed by atoms with Crippen LogP contribution < -0.4 is 9.64 Å². The van der Waals surface area contributed by atoms with Crippen molar-refractivity contribution < 1.29 is 9.66 Å². The summed E-state index contributed by atoms with van der Waals surface area (Å²) in [5, 5.41) is 10.9. The first-order valence-corrected chi connectivity index (χ1v) is 8.89. The number of halogens is 1. The van der Waals surface area contributed by atoms with E-state index in [1.165, 1.54) is 6.20 Å². The molecule has 24 heavy (non-hydrogen) atoms. The van der Waals surface area contributed by atoms with E-state index in [1.54, 1.807) is 13.0 Å². The quantitative estimate of drug-likeness (QED) is 0.410. The lowest BCUT2D eigenvalue weighted by molar-refractivity contribution is -0.385. The van der Waals surface area contributed by atoms with Gasteiger partial charge >= 0.3 is 0 Å². The van der Waals surface area contributed by atoms with E-state index in [4.69, 9.17) is 4.74 Å². The zero-order valence-electron chi connectivity index (χ0n) is 13.3. The lowest BCUT2D eigenvalue weighted by Gasteiger charge is -2.33. The Bertz CT molecular complexity index is 746. The summed E-state index contributed by atoms with van der Waals surface area (Å²) in [5.41, 5.74) is 0.706. The fraction of sp³-hybridized carbons (Fsp3) is 0.353. The number of rotatable bonds is 4. The first-order valence-electron chi connectivity index (χ1n) is 7.82. The SMILES string of the molecule is Cc1cc(N2CCC(Oc3ccccc3I)CC2)ncc1[N+](=O)[O-]. The van der Waals surface area contributed by atoms with Crippen molar-refractivity contribution in [3.8, 4) is 5.75 Å². The third-order valence-corrected chi connectivity index (χ3v) is 5.05. The van der Waals surface area contributed by atoms with Crippen molar-refractivity contribution in [3.63, 3.8) is 0 Å². The molecular weight excluding hydrogens is 421 g/mol. The van der Waals surface area contributed by atoms with Crippen LogP contribution in [0.15, 0.2) is 36.5 Å². The normalized spacial score (nSPS) is 15.3. The second-order valence-corrected chi connectivity index (χ2v) is 6.98. The Morgan fingerprint density at radius 2 is 2.04 bits per heavy atom. The van der Waals surface area contributed by atoms with Crippen molar-refractivity contribution in [1.82, 2.24) is 4.98 Å². The molecule has 0 bridgehead atoms. The molecule has 0 N–H and O–H groups in total. The highest BCUT2D eigenvalue weighted by Gasteiger charge is 2.23. The molecular formula is C17H18IN3O3. The number of pyridine rings is 1. The zero-order chi connectivity index (χ0) is 17.1. The molecule has 0 amide bonds. The van der Waals surface area contributed by atoms with Crippen LogP contribution in [-0.2, 0) is 0 Å². The van der Waals surface area contributed by atoms with Crippen LogP contribution in [0.5, 0.6) is 5.75 Å². The molecule has 126 valence electrons. The number of ether oxygens (including phenoxy) is 1. The summed E-state index contributed by atoms with van der Waals surface area (Å²) in [5.74, 6) is 1.73. The van der Waals surface area contributed by atoms with Crippen molar-refractivity contribution in [2.24, 2.45) is 0 Å². The fourth-order valence-corrected chi connectivity index (χ4v) is 3.34. The topological polar surface area (TPSA) is 68.5 Å². The van der Waals surface area contributed by atoms with Crippen LogP contribution in [0.4, 0.5) is 11.5 Å². The van der Waals surface area contributed by atoms with E-state index in [9.17, 15) is 10.1 Å². The summed E-state index contributed by atoms with van der Waals surface area (Å²) >= 11 is 2.28. The van der Waals surface area contributed by atoms with Crippen molar-refractivity contribution in [1.29, 1.82) is 0 Å². The predicted molar refractivity (Wildman–Crippen MR) is 101 cm³/mol. The molecule has 1 aliphatic heterocycles. The van der Waals surface area contributed by atoms with Crippen LogP contribution in [-0.4, -0.2) is 29.1 Å². The molecule has 1 aromatic carbocycles. The first-order chi connectivity index (χ1) is 11.5. The van der Waals surface area contributed by atoms with E-state index in [2.05, 4.69) is 32.5 Å². The molecule has 0 spiro atoms. The summed E-state index contributed by atoms with van der Waals surface area (Å²) in [4.78, 5) is 16.9. The molecule has 0 radical (unpaired) electrons. The van der Waals surface area contributed by atoms with E-state index in [0.717, 1.165) is 41.1 Å². The largest absolute Gasteiger partial charge is 0.489 e. The van der Waals surface area contributed by atoms with E-state index < -0.39 is 4.92 Å². The Morgan fingerprint density at radius 3 is 2.67 bits per heavy atom. The van der Waals surface area contributed by atoms with Crippen LogP contribution in [0.3, 0.4) is 0 Å². The number of para-hydroxylation sites is 1. The second-order valence-electron chi connectivity index (χ2n) is 5.82. The molecule has 0 aliphatic carbocycles. The second kappa shape index (κ2) is 7.33. The smallest absolute Gasteiger partial charge is 0.290 e. The molecule has 1 saturated heterocycles. The van der Waals surface area contributed by atoms with E-state index in [0.29, 0.717) is 5.56 Å². The Hall–Kier alpha value is -1.90. The monoisotopic (exact) mass is 439 g/mol. The Kier molecular flexibility index (Phi) is 5.17. The number of piperidine rings is 1. The standard InChI is InChI=1S/C17H18IN3O3/c1-12-10-17(19-11-15(12)21(22)23)20-8-6-13(7-9-20)24-16-5-3-2-4-14(16)18/h2-5,10-11,13H,6-9H2,1H3. The van der Waals surface area contributed by atoms with Crippen LogP contribution in [0, 0.1) is 20.6 Å². The Morgan fingerprint density at radius 1 is 1.33 bits per heavy atom. The van der Waals surface area contributed by atoms with Crippen molar-refractivity contribution in [2.45, 2.75) is 25.9 Å². The van der Waals surface area contributed by atoms with Crippen LogP contribution in [0.2, 0.25) is 0 Å². The maximum absolute atomic E-state index is 10.9. The van der Waals surface area contributed by atoms with Gasteiger partial charge in [-0.05, 0) is 47.7 Å².